The van der Waals surface area contributed by atoms with Gasteiger partial charge in [-0.2, -0.15) is 5.10 Å². The fraction of sp³-hybridized carbons (Fsp3) is 0.350. The van der Waals surface area contributed by atoms with Crippen LogP contribution in [0, 0.1) is 0 Å². The fourth-order valence-electron chi connectivity index (χ4n) is 2.52. The minimum absolute atomic E-state index is 0.0868. The van der Waals surface area contributed by atoms with Gasteiger partial charge >= 0.3 is 18.2 Å². The topological polar surface area (TPSA) is 140 Å². The molecular formula is C20H23ClN4O6. The Morgan fingerprint density at radius 1 is 1.13 bits per heavy atom. The molecule has 3 N–H and O–H groups in total. The highest BCUT2D eigenvalue weighted by molar-refractivity contribution is 6.32. The Kier molecular flexibility index (Phi) is 7.76. The van der Waals surface area contributed by atoms with Gasteiger partial charge in [0.25, 0.3) is 0 Å². The Labute approximate surface area is 183 Å². The number of halogens is 1. The van der Waals surface area contributed by atoms with Crippen LogP contribution in [-0.2, 0) is 14.3 Å². The summed E-state index contributed by atoms with van der Waals surface area (Å²) in [6.45, 7) is 5.08. The number of rotatable bonds is 6. The minimum Gasteiger partial charge on any atom is -0.481 e. The summed E-state index contributed by atoms with van der Waals surface area (Å²) < 4.78 is 9.74. The van der Waals surface area contributed by atoms with Crippen LogP contribution in [0.3, 0.4) is 0 Å². The number of carboxylic acid groups (broad SMARTS) is 1. The van der Waals surface area contributed by atoms with E-state index >= 15 is 0 Å². The first kappa shape index (κ1) is 23.9. The predicted molar refractivity (Wildman–Crippen MR) is 113 cm³/mol. The normalized spacial score (nSPS) is 11.9. The van der Waals surface area contributed by atoms with Gasteiger partial charge in [-0.15, -0.1) is 5.10 Å². The molecule has 0 bridgehead atoms. The summed E-state index contributed by atoms with van der Waals surface area (Å²) in [5.74, 6) is -1.14. The largest absolute Gasteiger partial charge is 0.481 e. The van der Waals surface area contributed by atoms with Crippen molar-refractivity contribution in [3.63, 3.8) is 0 Å². The Morgan fingerprint density at radius 2 is 1.77 bits per heavy atom. The number of ether oxygens (including phenoxy) is 2. The molecule has 1 aromatic heterocycles. The van der Waals surface area contributed by atoms with Crippen LogP contribution < -0.4 is 10.6 Å². The van der Waals surface area contributed by atoms with E-state index in [0.29, 0.717) is 16.8 Å². The summed E-state index contributed by atoms with van der Waals surface area (Å²) >= 11 is 6.19. The Bertz CT molecular complexity index is 959. The van der Waals surface area contributed by atoms with Gasteiger partial charge in [-0.1, -0.05) is 23.7 Å². The number of methoxy groups -OCH3 is 1. The summed E-state index contributed by atoms with van der Waals surface area (Å²) in [5.41, 5.74) is 1.06. The van der Waals surface area contributed by atoms with E-state index < -0.39 is 36.2 Å². The van der Waals surface area contributed by atoms with Crippen LogP contribution >= 0.6 is 11.6 Å². The third kappa shape index (κ3) is 7.41. The number of alkyl carbamates (subject to hydrolysis) is 1. The van der Waals surface area contributed by atoms with E-state index in [4.69, 9.17) is 16.3 Å². The van der Waals surface area contributed by atoms with Crippen LogP contribution in [0.5, 0.6) is 0 Å². The number of hydrogen-bond donors (Lipinski definition) is 3. The fourth-order valence-corrected chi connectivity index (χ4v) is 2.72. The van der Waals surface area contributed by atoms with Gasteiger partial charge in [0.1, 0.15) is 5.60 Å². The standard InChI is InChI=1S/C20H23ClN4O6/c1-20(2,3)31-19(29)23-14(10-16(26)27)15-9-13(17(21)25-24-15)11-5-7-12(8-6-11)22-18(28)30-4/h5-9,14H,10H2,1-4H3,(H,22,28)(H,23,29)(H,26,27). The van der Waals surface area contributed by atoms with Crippen molar-refractivity contribution >= 4 is 35.4 Å². The molecule has 11 heteroatoms. The molecule has 0 spiro atoms. The maximum atomic E-state index is 12.2. The Balaban J connectivity index is 2.32. The number of carbonyl (C=O) groups excluding carboxylic acids is 2. The van der Waals surface area contributed by atoms with Crippen molar-refractivity contribution in [2.24, 2.45) is 0 Å². The molecule has 1 aromatic carbocycles. The lowest BCUT2D eigenvalue weighted by molar-refractivity contribution is -0.137. The van der Waals surface area contributed by atoms with Gasteiger partial charge < -0.3 is 19.9 Å². The molecular weight excluding hydrogens is 428 g/mol. The lowest BCUT2D eigenvalue weighted by Gasteiger charge is -2.23. The van der Waals surface area contributed by atoms with Crippen LogP contribution in [0.25, 0.3) is 11.1 Å². The number of nitrogens with zero attached hydrogens (tertiary/aromatic N) is 2. The maximum Gasteiger partial charge on any atom is 0.411 e. The van der Waals surface area contributed by atoms with Crippen LogP contribution in [0.2, 0.25) is 5.15 Å². The van der Waals surface area contributed by atoms with Crippen LogP contribution in [0.15, 0.2) is 30.3 Å². The first-order valence-electron chi connectivity index (χ1n) is 9.18. The number of hydrogen-bond acceptors (Lipinski definition) is 7. The molecule has 1 unspecified atom stereocenters. The first-order chi connectivity index (χ1) is 14.5. The average molecular weight is 451 g/mol. The molecule has 1 heterocycles. The molecule has 2 rings (SSSR count). The lowest BCUT2D eigenvalue weighted by Crippen LogP contribution is -2.36. The predicted octanol–water partition coefficient (Wildman–Crippen LogP) is 4.02. The van der Waals surface area contributed by atoms with Gasteiger partial charge in [-0.05, 0) is 44.5 Å². The number of carbonyl (C=O) groups is 3. The molecule has 0 saturated heterocycles. The van der Waals surface area contributed by atoms with Crippen LogP contribution in [0.4, 0.5) is 15.3 Å². The molecule has 0 fully saturated rings. The Hall–Kier alpha value is -3.40. The number of nitrogens with one attached hydrogen (secondary N) is 2. The second-order valence-corrected chi connectivity index (χ2v) is 7.82. The number of amides is 2. The van der Waals surface area contributed by atoms with Gasteiger partial charge in [0.05, 0.1) is 25.3 Å². The molecule has 2 amide bonds. The highest BCUT2D eigenvalue weighted by atomic mass is 35.5. The average Bonchev–Trinajstić information content (AvgIpc) is 2.66. The molecule has 0 aliphatic carbocycles. The van der Waals surface area contributed by atoms with Crippen LogP contribution in [0.1, 0.15) is 38.9 Å². The molecule has 0 aliphatic heterocycles. The lowest BCUT2D eigenvalue weighted by atomic mass is 10.0. The molecule has 1 atom stereocenters. The van der Waals surface area contributed by atoms with Gasteiger partial charge in [0.2, 0.25) is 0 Å². The van der Waals surface area contributed by atoms with E-state index in [0.717, 1.165) is 0 Å². The van der Waals surface area contributed by atoms with Gasteiger partial charge in [0, 0.05) is 11.3 Å². The number of carboxylic acids is 1. The molecule has 0 radical (unpaired) electrons. The molecule has 10 nitrogen and oxygen atoms in total. The van der Waals surface area contributed by atoms with E-state index in [9.17, 15) is 19.5 Å². The van der Waals surface area contributed by atoms with E-state index in [1.165, 1.54) is 7.11 Å². The zero-order valence-corrected chi connectivity index (χ0v) is 18.2. The number of anilines is 1. The van der Waals surface area contributed by atoms with Gasteiger partial charge in [-0.25, -0.2) is 9.59 Å². The summed E-state index contributed by atoms with van der Waals surface area (Å²) in [5, 5.41) is 22.2. The van der Waals surface area contributed by atoms with E-state index in [1.54, 1.807) is 51.1 Å². The molecule has 0 aliphatic rings. The molecule has 0 saturated carbocycles. The highest BCUT2D eigenvalue weighted by Gasteiger charge is 2.24. The number of aromatic nitrogens is 2. The SMILES string of the molecule is COC(=O)Nc1ccc(-c2cc(C(CC(=O)O)NC(=O)OC(C)(C)C)nnc2Cl)cc1. The van der Waals surface area contributed by atoms with Crippen molar-refractivity contribution in [2.75, 3.05) is 12.4 Å². The summed E-state index contributed by atoms with van der Waals surface area (Å²) in [7, 11) is 1.26. The number of benzene rings is 1. The first-order valence-corrected chi connectivity index (χ1v) is 9.56. The van der Waals surface area contributed by atoms with Gasteiger partial charge in [-0.3, -0.25) is 10.1 Å². The summed E-state index contributed by atoms with van der Waals surface area (Å²) in [6.07, 6.45) is -1.82. The third-order valence-electron chi connectivity index (χ3n) is 3.82. The van der Waals surface area contributed by atoms with E-state index in [1.807, 2.05) is 0 Å². The summed E-state index contributed by atoms with van der Waals surface area (Å²) in [4.78, 5) is 34.8. The quantitative estimate of drug-likeness (QED) is 0.599. The maximum absolute atomic E-state index is 12.2. The second-order valence-electron chi connectivity index (χ2n) is 7.46. The molecule has 166 valence electrons. The zero-order chi connectivity index (χ0) is 23.2. The Morgan fingerprint density at radius 3 is 2.32 bits per heavy atom. The zero-order valence-electron chi connectivity index (χ0n) is 17.4. The summed E-state index contributed by atoms with van der Waals surface area (Å²) in [6, 6.07) is 7.20. The monoisotopic (exact) mass is 450 g/mol. The van der Waals surface area contributed by atoms with Crippen molar-refractivity contribution in [1.29, 1.82) is 0 Å². The third-order valence-corrected chi connectivity index (χ3v) is 4.10. The van der Waals surface area contributed by atoms with Crippen molar-refractivity contribution in [3.05, 3.63) is 41.2 Å². The van der Waals surface area contributed by atoms with Crippen molar-refractivity contribution < 1.29 is 29.0 Å². The van der Waals surface area contributed by atoms with Crippen molar-refractivity contribution in [3.8, 4) is 11.1 Å². The van der Waals surface area contributed by atoms with Crippen molar-refractivity contribution in [1.82, 2.24) is 15.5 Å². The molecule has 2 aromatic rings. The van der Waals surface area contributed by atoms with E-state index in [2.05, 4.69) is 25.6 Å². The second kappa shape index (κ2) is 10.1. The minimum atomic E-state index is -1.14. The molecule has 31 heavy (non-hydrogen) atoms. The highest BCUT2D eigenvalue weighted by Crippen LogP contribution is 2.29. The van der Waals surface area contributed by atoms with E-state index in [-0.39, 0.29) is 10.8 Å². The number of aliphatic carboxylic acids is 1. The van der Waals surface area contributed by atoms with Gasteiger partial charge in [0.15, 0.2) is 5.15 Å². The van der Waals surface area contributed by atoms with Crippen molar-refractivity contribution in [2.45, 2.75) is 38.8 Å². The van der Waals surface area contributed by atoms with Crippen LogP contribution in [-0.4, -0.2) is 46.2 Å². The smallest absolute Gasteiger partial charge is 0.411 e.